The summed E-state index contributed by atoms with van der Waals surface area (Å²) in [4.78, 5) is 57.4. The lowest BCUT2D eigenvalue weighted by atomic mass is 9.87. The molecule has 6 rings (SSSR count). The molecule has 188 valence electrons. The summed E-state index contributed by atoms with van der Waals surface area (Å²) in [5.41, 5.74) is 3.38. The van der Waals surface area contributed by atoms with Gasteiger partial charge in [-0.05, 0) is 79.7 Å². The zero-order chi connectivity index (χ0) is 25.7. The third kappa shape index (κ3) is 4.19. The maximum absolute atomic E-state index is 13.6. The van der Waals surface area contributed by atoms with Gasteiger partial charge in [0.1, 0.15) is 11.9 Å². The number of carbonyl (C=O) groups is 4. The molecule has 3 aliphatic rings. The Kier molecular flexibility index (Phi) is 5.79. The molecular weight excluding hydrogens is 475 g/mol. The van der Waals surface area contributed by atoms with Crippen LogP contribution >= 0.6 is 0 Å². The summed E-state index contributed by atoms with van der Waals surface area (Å²) in [7, 11) is 0. The number of fused-ring (bicyclic) bond motifs is 2. The van der Waals surface area contributed by atoms with Crippen molar-refractivity contribution in [3.63, 3.8) is 0 Å². The van der Waals surface area contributed by atoms with Crippen molar-refractivity contribution in [3.8, 4) is 0 Å². The number of likely N-dealkylation sites (tertiary alicyclic amines) is 1. The van der Waals surface area contributed by atoms with E-state index in [1.165, 1.54) is 17.7 Å². The third-order valence-corrected chi connectivity index (χ3v) is 7.68. The number of benzene rings is 2. The van der Waals surface area contributed by atoms with Crippen LogP contribution in [0.1, 0.15) is 63.4 Å². The smallest absolute Gasteiger partial charge is 0.262 e. The first-order valence-electron chi connectivity index (χ1n) is 12.5. The van der Waals surface area contributed by atoms with Crippen LogP contribution in [-0.2, 0) is 16.1 Å². The molecular formula is C28H25FN4O4. The molecule has 0 aliphatic carbocycles. The van der Waals surface area contributed by atoms with Crippen molar-refractivity contribution in [1.82, 2.24) is 20.1 Å². The first-order chi connectivity index (χ1) is 17.9. The Morgan fingerprint density at radius 2 is 1.70 bits per heavy atom. The van der Waals surface area contributed by atoms with E-state index in [4.69, 9.17) is 0 Å². The highest BCUT2D eigenvalue weighted by Gasteiger charge is 2.44. The molecule has 37 heavy (non-hydrogen) atoms. The number of piperidine rings is 2. The van der Waals surface area contributed by atoms with Gasteiger partial charge in [0, 0.05) is 30.6 Å². The molecule has 1 N–H and O–H groups in total. The van der Waals surface area contributed by atoms with Gasteiger partial charge in [0.25, 0.3) is 11.8 Å². The van der Waals surface area contributed by atoms with Gasteiger partial charge in [0.05, 0.1) is 16.6 Å². The Hall–Kier alpha value is -3.98. The zero-order valence-electron chi connectivity index (χ0n) is 20.1. The summed E-state index contributed by atoms with van der Waals surface area (Å²) in [5.74, 6) is -1.92. The van der Waals surface area contributed by atoms with Crippen molar-refractivity contribution in [1.29, 1.82) is 0 Å². The fraction of sp³-hybridized carbons (Fsp3) is 0.321. The quantitative estimate of drug-likeness (QED) is 0.553. The number of aromatic nitrogens is 1. The van der Waals surface area contributed by atoms with Gasteiger partial charge in [-0.3, -0.25) is 39.3 Å². The molecule has 1 aromatic heterocycles. The average Bonchev–Trinajstić information content (AvgIpc) is 3.13. The third-order valence-electron chi connectivity index (χ3n) is 7.68. The molecule has 0 radical (unpaired) electrons. The van der Waals surface area contributed by atoms with Gasteiger partial charge in [-0.2, -0.15) is 0 Å². The molecule has 9 heteroatoms. The number of nitrogens with zero attached hydrogens (tertiary/aromatic N) is 3. The summed E-state index contributed by atoms with van der Waals surface area (Å²) in [6, 6.07) is 11.1. The van der Waals surface area contributed by atoms with Gasteiger partial charge in [-0.1, -0.05) is 6.07 Å². The number of rotatable bonds is 4. The molecule has 4 amide bonds. The maximum Gasteiger partial charge on any atom is 0.262 e. The van der Waals surface area contributed by atoms with E-state index in [0.717, 1.165) is 41.8 Å². The highest BCUT2D eigenvalue weighted by Crippen LogP contribution is 2.34. The van der Waals surface area contributed by atoms with Gasteiger partial charge in [-0.15, -0.1) is 0 Å². The summed E-state index contributed by atoms with van der Waals surface area (Å²) in [6.07, 6.45) is 3.87. The fourth-order valence-electron chi connectivity index (χ4n) is 5.78. The molecule has 0 bridgehead atoms. The van der Waals surface area contributed by atoms with Crippen molar-refractivity contribution in [3.05, 3.63) is 76.7 Å². The number of hydrogen-bond donors (Lipinski definition) is 1. The number of halogens is 1. The molecule has 2 aromatic carbocycles. The monoisotopic (exact) mass is 500 g/mol. The molecule has 1 unspecified atom stereocenters. The Morgan fingerprint density at radius 1 is 0.919 bits per heavy atom. The molecule has 2 saturated heterocycles. The number of carbonyl (C=O) groups excluding carboxylic acids is 4. The standard InChI is InChI=1S/C28H25FN4O4/c29-18-2-4-20-19(7-10-30-23(20)14-18)17-8-11-32(12-9-17)15-16-1-3-21-22(13-16)28(37)33(27(21)36)24-5-6-25(34)31-26(24)35/h1-4,7,10,13-14,17,24H,5-6,8-9,11-12,15H2,(H,31,34,35). The van der Waals surface area contributed by atoms with Gasteiger partial charge in [0.15, 0.2) is 0 Å². The van der Waals surface area contributed by atoms with Gasteiger partial charge >= 0.3 is 0 Å². The molecule has 1 atom stereocenters. The second-order valence-corrected chi connectivity index (χ2v) is 9.94. The number of pyridine rings is 1. The molecule has 0 spiro atoms. The lowest BCUT2D eigenvalue weighted by Crippen LogP contribution is -2.54. The summed E-state index contributed by atoms with van der Waals surface area (Å²) in [6.45, 7) is 2.37. The van der Waals surface area contributed by atoms with E-state index in [1.807, 2.05) is 12.1 Å². The predicted octanol–water partition coefficient (Wildman–Crippen LogP) is 3.15. The molecule has 2 fully saturated rings. The minimum Gasteiger partial charge on any atom is -0.299 e. The highest BCUT2D eigenvalue weighted by molar-refractivity contribution is 6.23. The van der Waals surface area contributed by atoms with Gasteiger partial charge < -0.3 is 0 Å². The van der Waals surface area contributed by atoms with Crippen molar-refractivity contribution >= 4 is 34.5 Å². The van der Waals surface area contributed by atoms with Gasteiger partial charge in [0.2, 0.25) is 11.8 Å². The molecule has 3 aliphatic heterocycles. The first-order valence-corrected chi connectivity index (χ1v) is 12.5. The lowest BCUT2D eigenvalue weighted by molar-refractivity contribution is -0.136. The lowest BCUT2D eigenvalue weighted by Gasteiger charge is -2.32. The predicted molar refractivity (Wildman–Crippen MR) is 132 cm³/mol. The normalized spacial score (nSPS) is 21.0. The van der Waals surface area contributed by atoms with E-state index >= 15 is 0 Å². The van der Waals surface area contributed by atoms with Crippen LogP contribution in [0.15, 0.2) is 48.7 Å². The maximum atomic E-state index is 13.6. The largest absolute Gasteiger partial charge is 0.299 e. The van der Waals surface area contributed by atoms with Crippen molar-refractivity contribution in [2.75, 3.05) is 13.1 Å². The van der Waals surface area contributed by atoms with E-state index in [1.54, 1.807) is 24.4 Å². The molecule has 0 saturated carbocycles. The van der Waals surface area contributed by atoms with Crippen LogP contribution in [-0.4, -0.2) is 57.5 Å². The molecule has 8 nitrogen and oxygen atoms in total. The first kappa shape index (κ1) is 23.4. The number of hydrogen-bond acceptors (Lipinski definition) is 6. The Morgan fingerprint density at radius 3 is 2.49 bits per heavy atom. The number of amides is 4. The molecule has 3 aromatic rings. The van der Waals surface area contributed by atoms with Crippen LogP contribution in [0.3, 0.4) is 0 Å². The van der Waals surface area contributed by atoms with Crippen LogP contribution in [0.2, 0.25) is 0 Å². The number of nitrogens with one attached hydrogen (secondary N) is 1. The topological polar surface area (TPSA) is 99.7 Å². The van der Waals surface area contributed by atoms with Gasteiger partial charge in [-0.25, -0.2) is 4.39 Å². The van der Waals surface area contributed by atoms with Crippen LogP contribution in [0.25, 0.3) is 10.9 Å². The van der Waals surface area contributed by atoms with E-state index in [9.17, 15) is 23.6 Å². The Labute approximate surface area is 212 Å². The minimum absolute atomic E-state index is 0.0944. The Bertz CT molecular complexity index is 1460. The van der Waals surface area contributed by atoms with Crippen molar-refractivity contribution < 1.29 is 23.6 Å². The minimum atomic E-state index is -0.965. The summed E-state index contributed by atoms with van der Waals surface area (Å²) in [5, 5.41) is 3.21. The Balaban J connectivity index is 1.14. The van der Waals surface area contributed by atoms with Crippen LogP contribution in [0, 0.1) is 5.82 Å². The van der Waals surface area contributed by atoms with Crippen LogP contribution in [0.4, 0.5) is 4.39 Å². The SMILES string of the molecule is O=C1CCC(N2C(=O)c3ccc(CN4CCC(c5ccnc6cc(F)ccc56)CC4)cc3C2=O)C(=O)N1. The second-order valence-electron chi connectivity index (χ2n) is 9.94. The van der Waals surface area contributed by atoms with Crippen LogP contribution < -0.4 is 5.32 Å². The fourth-order valence-corrected chi connectivity index (χ4v) is 5.78. The van der Waals surface area contributed by atoms with E-state index in [0.29, 0.717) is 23.5 Å². The van der Waals surface area contributed by atoms with Crippen LogP contribution in [0.5, 0.6) is 0 Å². The van der Waals surface area contributed by atoms with E-state index in [-0.39, 0.29) is 24.2 Å². The molecule has 4 heterocycles. The zero-order valence-corrected chi connectivity index (χ0v) is 20.1. The van der Waals surface area contributed by atoms with E-state index in [2.05, 4.69) is 15.2 Å². The summed E-state index contributed by atoms with van der Waals surface area (Å²) >= 11 is 0. The van der Waals surface area contributed by atoms with E-state index < -0.39 is 29.7 Å². The van der Waals surface area contributed by atoms with Crippen molar-refractivity contribution in [2.45, 2.75) is 44.2 Å². The second kappa shape index (κ2) is 9.15. The highest BCUT2D eigenvalue weighted by atomic mass is 19.1. The summed E-state index contributed by atoms with van der Waals surface area (Å²) < 4.78 is 13.6. The van der Waals surface area contributed by atoms with Crippen molar-refractivity contribution in [2.24, 2.45) is 0 Å². The average molecular weight is 501 g/mol. The number of imide groups is 2.